The van der Waals surface area contributed by atoms with Crippen LogP contribution < -0.4 is 5.32 Å². The SMILES string of the molecule is CC(C)n1cc(CNc2ccccc2C(=O)O)cn1. The third kappa shape index (κ3) is 3.13. The molecule has 1 aromatic heterocycles. The van der Waals surface area contributed by atoms with Gasteiger partial charge < -0.3 is 10.4 Å². The van der Waals surface area contributed by atoms with E-state index in [1.54, 1.807) is 24.4 Å². The van der Waals surface area contributed by atoms with E-state index in [1.165, 1.54) is 0 Å². The summed E-state index contributed by atoms with van der Waals surface area (Å²) in [5.74, 6) is -0.930. The normalized spacial score (nSPS) is 10.7. The zero-order chi connectivity index (χ0) is 13.8. The molecule has 0 fully saturated rings. The average molecular weight is 259 g/mol. The number of aromatic nitrogens is 2. The fraction of sp³-hybridized carbons (Fsp3) is 0.286. The summed E-state index contributed by atoms with van der Waals surface area (Å²) in [5.41, 5.74) is 1.92. The molecule has 0 unspecified atom stereocenters. The Morgan fingerprint density at radius 3 is 2.79 bits per heavy atom. The molecule has 5 nitrogen and oxygen atoms in total. The molecular weight excluding hydrogens is 242 g/mol. The Hall–Kier alpha value is -2.30. The number of nitrogens with one attached hydrogen (secondary N) is 1. The van der Waals surface area contributed by atoms with Crippen LogP contribution in [0.1, 0.15) is 35.8 Å². The van der Waals surface area contributed by atoms with Gasteiger partial charge in [-0.2, -0.15) is 5.10 Å². The second kappa shape index (κ2) is 5.56. The molecule has 19 heavy (non-hydrogen) atoms. The molecule has 2 aromatic rings. The Bertz CT molecular complexity index is 576. The van der Waals surface area contributed by atoms with Crippen molar-refractivity contribution in [3.05, 3.63) is 47.8 Å². The molecule has 0 aliphatic rings. The minimum atomic E-state index is -0.930. The van der Waals surface area contributed by atoms with Gasteiger partial charge in [-0.3, -0.25) is 4.68 Å². The van der Waals surface area contributed by atoms with E-state index >= 15 is 0 Å². The van der Waals surface area contributed by atoms with Gasteiger partial charge in [0.2, 0.25) is 0 Å². The summed E-state index contributed by atoms with van der Waals surface area (Å²) in [7, 11) is 0. The van der Waals surface area contributed by atoms with Gasteiger partial charge in [-0.25, -0.2) is 4.79 Å². The number of aromatic carboxylic acids is 1. The van der Waals surface area contributed by atoms with Gasteiger partial charge in [0.05, 0.1) is 11.8 Å². The monoisotopic (exact) mass is 259 g/mol. The molecule has 0 spiro atoms. The minimum absolute atomic E-state index is 0.277. The van der Waals surface area contributed by atoms with E-state index in [2.05, 4.69) is 24.3 Å². The molecule has 1 aromatic carbocycles. The van der Waals surface area contributed by atoms with Crippen LogP contribution in [-0.2, 0) is 6.54 Å². The third-order valence-electron chi connectivity index (χ3n) is 2.82. The quantitative estimate of drug-likeness (QED) is 0.866. The molecular formula is C14H17N3O2. The summed E-state index contributed by atoms with van der Waals surface area (Å²) in [4.78, 5) is 11.1. The summed E-state index contributed by atoms with van der Waals surface area (Å²) in [6.07, 6.45) is 3.75. The van der Waals surface area contributed by atoms with E-state index in [1.807, 2.05) is 16.9 Å². The van der Waals surface area contributed by atoms with E-state index in [9.17, 15) is 4.79 Å². The summed E-state index contributed by atoms with van der Waals surface area (Å²) >= 11 is 0. The van der Waals surface area contributed by atoms with Crippen molar-refractivity contribution in [3.63, 3.8) is 0 Å². The van der Waals surface area contributed by atoms with Crippen LogP contribution in [0.5, 0.6) is 0 Å². The summed E-state index contributed by atoms with van der Waals surface area (Å²) in [5, 5.41) is 16.5. The fourth-order valence-electron chi connectivity index (χ4n) is 1.77. The Morgan fingerprint density at radius 2 is 2.16 bits per heavy atom. The largest absolute Gasteiger partial charge is 0.478 e. The van der Waals surface area contributed by atoms with Gasteiger partial charge in [-0.15, -0.1) is 0 Å². The molecule has 5 heteroatoms. The van der Waals surface area contributed by atoms with Crippen LogP contribution >= 0.6 is 0 Å². The smallest absolute Gasteiger partial charge is 0.337 e. The van der Waals surface area contributed by atoms with Crippen molar-refractivity contribution < 1.29 is 9.90 Å². The molecule has 0 atom stereocenters. The maximum atomic E-state index is 11.1. The van der Waals surface area contributed by atoms with Crippen molar-refractivity contribution in [2.24, 2.45) is 0 Å². The predicted octanol–water partition coefficient (Wildman–Crippen LogP) is 2.77. The Balaban J connectivity index is 2.08. The van der Waals surface area contributed by atoms with Crippen LogP contribution in [0, 0.1) is 0 Å². The third-order valence-corrected chi connectivity index (χ3v) is 2.82. The molecule has 0 saturated heterocycles. The number of benzene rings is 1. The molecule has 0 bridgehead atoms. The van der Waals surface area contributed by atoms with Crippen molar-refractivity contribution >= 4 is 11.7 Å². The molecule has 100 valence electrons. The fourth-order valence-corrected chi connectivity index (χ4v) is 1.77. The van der Waals surface area contributed by atoms with Gasteiger partial charge >= 0.3 is 5.97 Å². The highest BCUT2D eigenvalue weighted by molar-refractivity contribution is 5.94. The molecule has 2 rings (SSSR count). The summed E-state index contributed by atoms with van der Waals surface area (Å²) in [6.45, 7) is 4.67. The second-order valence-corrected chi connectivity index (χ2v) is 4.63. The zero-order valence-electron chi connectivity index (χ0n) is 11.0. The van der Waals surface area contributed by atoms with Crippen LogP contribution in [0.4, 0.5) is 5.69 Å². The predicted molar refractivity (Wildman–Crippen MR) is 73.3 cm³/mol. The van der Waals surface area contributed by atoms with Gasteiger partial charge in [-0.1, -0.05) is 12.1 Å². The van der Waals surface area contributed by atoms with E-state index in [-0.39, 0.29) is 5.56 Å². The number of hydrogen-bond acceptors (Lipinski definition) is 3. The number of anilines is 1. The molecule has 0 radical (unpaired) electrons. The number of para-hydroxylation sites is 1. The van der Waals surface area contributed by atoms with Crippen molar-refractivity contribution in [1.29, 1.82) is 0 Å². The molecule has 2 N–H and O–H groups in total. The van der Waals surface area contributed by atoms with Gasteiger partial charge in [0.15, 0.2) is 0 Å². The van der Waals surface area contributed by atoms with E-state index in [4.69, 9.17) is 5.11 Å². The Morgan fingerprint density at radius 1 is 1.42 bits per heavy atom. The molecule has 1 heterocycles. The maximum absolute atomic E-state index is 11.1. The van der Waals surface area contributed by atoms with E-state index in [0.29, 0.717) is 18.3 Å². The average Bonchev–Trinajstić information content (AvgIpc) is 2.85. The van der Waals surface area contributed by atoms with Crippen LogP contribution in [0.25, 0.3) is 0 Å². The number of carbonyl (C=O) groups is 1. The Kier molecular flexibility index (Phi) is 3.85. The highest BCUT2D eigenvalue weighted by atomic mass is 16.4. The first kappa shape index (κ1) is 13.1. The highest BCUT2D eigenvalue weighted by Gasteiger charge is 2.09. The molecule has 0 saturated carbocycles. The first-order valence-corrected chi connectivity index (χ1v) is 6.17. The maximum Gasteiger partial charge on any atom is 0.337 e. The topological polar surface area (TPSA) is 67.2 Å². The van der Waals surface area contributed by atoms with Crippen LogP contribution in [-0.4, -0.2) is 20.9 Å². The van der Waals surface area contributed by atoms with Gasteiger partial charge in [0, 0.05) is 30.0 Å². The first-order chi connectivity index (χ1) is 9.08. The summed E-state index contributed by atoms with van der Waals surface area (Å²) in [6, 6.07) is 7.19. The van der Waals surface area contributed by atoms with Gasteiger partial charge in [0.25, 0.3) is 0 Å². The van der Waals surface area contributed by atoms with E-state index in [0.717, 1.165) is 5.56 Å². The van der Waals surface area contributed by atoms with E-state index < -0.39 is 5.97 Å². The number of nitrogens with zero attached hydrogens (tertiary/aromatic N) is 2. The van der Waals surface area contributed by atoms with Crippen molar-refractivity contribution in [1.82, 2.24) is 9.78 Å². The minimum Gasteiger partial charge on any atom is -0.478 e. The molecule has 0 amide bonds. The number of carboxylic acid groups (broad SMARTS) is 1. The first-order valence-electron chi connectivity index (χ1n) is 6.17. The zero-order valence-corrected chi connectivity index (χ0v) is 11.0. The van der Waals surface area contributed by atoms with Crippen molar-refractivity contribution in [2.75, 3.05) is 5.32 Å². The lowest BCUT2D eigenvalue weighted by Crippen LogP contribution is -2.06. The standard InChI is InChI=1S/C14H17N3O2/c1-10(2)17-9-11(8-16-17)7-15-13-6-4-3-5-12(13)14(18)19/h3-6,8-10,15H,7H2,1-2H3,(H,18,19). The van der Waals surface area contributed by atoms with Crippen LogP contribution in [0.15, 0.2) is 36.7 Å². The lowest BCUT2D eigenvalue weighted by molar-refractivity contribution is 0.0698. The lowest BCUT2D eigenvalue weighted by Gasteiger charge is -2.08. The van der Waals surface area contributed by atoms with Crippen LogP contribution in [0.2, 0.25) is 0 Å². The molecule has 0 aliphatic carbocycles. The lowest BCUT2D eigenvalue weighted by atomic mass is 10.2. The van der Waals surface area contributed by atoms with Crippen molar-refractivity contribution in [3.8, 4) is 0 Å². The van der Waals surface area contributed by atoms with Crippen molar-refractivity contribution in [2.45, 2.75) is 26.4 Å². The summed E-state index contributed by atoms with van der Waals surface area (Å²) < 4.78 is 1.88. The number of carboxylic acids is 1. The highest BCUT2D eigenvalue weighted by Crippen LogP contribution is 2.16. The number of hydrogen-bond donors (Lipinski definition) is 2. The number of rotatable bonds is 5. The molecule has 0 aliphatic heterocycles. The van der Waals surface area contributed by atoms with Gasteiger partial charge in [-0.05, 0) is 26.0 Å². The van der Waals surface area contributed by atoms with Gasteiger partial charge in [0.1, 0.15) is 0 Å². The Labute approximate surface area is 111 Å². The van der Waals surface area contributed by atoms with Crippen LogP contribution in [0.3, 0.4) is 0 Å². The second-order valence-electron chi connectivity index (χ2n) is 4.63.